The third-order valence-electron chi connectivity index (χ3n) is 1.69. The topological polar surface area (TPSA) is 0 Å². The summed E-state index contributed by atoms with van der Waals surface area (Å²) in [6.07, 6.45) is 1.12. The summed E-state index contributed by atoms with van der Waals surface area (Å²) < 4.78 is 1.18. The molecule has 0 fully saturated rings. The van der Waals surface area contributed by atoms with Crippen molar-refractivity contribution in [1.82, 2.24) is 0 Å². The Labute approximate surface area is 84.1 Å². The van der Waals surface area contributed by atoms with Crippen LogP contribution in [0, 0.1) is 6.92 Å². The summed E-state index contributed by atoms with van der Waals surface area (Å²) in [7, 11) is 0. The first-order valence-corrected chi connectivity index (χ1v) is 5.28. The molecule has 0 atom stereocenters. The van der Waals surface area contributed by atoms with Crippen molar-refractivity contribution in [3.05, 3.63) is 33.8 Å². The second-order valence-electron chi connectivity index (χ2n) is 2.42. The molecule has 0 aliphatic rings. The van der Waals surface area contributed by atoms with Gasteiger partial charge in [-0.3, -0.25) is 0 Å². The fourth-order valence-corrected chi connectivity index (χ4v) is 1.43. The predicted octanol–water partition coefficient (Wildman–Crippen LogP) is 4.35. The molecule has 0 spiro atoms. The van der Waals surface area contributed by atoms with E-state index in [-0.39, 0.29) is 0 Å². The Morgan fingerprint density at radius 2 is 1.83 bits per heavy atom. The molecule has 1 rings (SSSR count). The summed E-state index contributed by atoms with van der Waals surface area (Å²) >= 11 is 3.44. The quantitative estimate of drug-likeness (QED) is 0.671. The maximum Gasteiger partial charge on any atom is 0.0178 e. The lowest BCUT2D eigenvalue weighted by Crippen LogP contribution is -1.84. The molecular weight excluding hydrogens is 212 g/mol. The molecule has 0 saturated carbocycles. The van der Waals surface area contributed by atoms with E-state index in [4.69, 9.17) is 0 Å². The third kappa shape index (κ3) is 3.40. The first kappa shape index (κ1) is 11.7. The van der Waals surface area contributed by atoms with Gasteiger partial charge in [-0.25, -0.2) is 0 Å². The largest absolute Gasteiger partial charge is 0.0683 e. The number of aryl methyl sites for hydroxylation is 2. The van der Waals surface area contributed by atoms with Crippen LogP contribution in [0.5, 0.6) is 0 Å². The zero-order chi connectivity index (χ0) is 9.56. The highest BCUT2D eigenvalue weighted by Gasteiger charge is 1.94. The molecule has 0 nitrogen and oxygen atoms in total. The number of hydrogen-bond donors (Lipinski definition) is 0. The average molecular weight is 229 g/mol. The highest BCUT2D eigenvalue weighted by atomic mass is 79.9. The lowest BCUT2D eigenvalue weighted by molar-refractivity contribution is 1.11. The molecule has 0 amide bonds. The maximum atomic E-state index is 3.44. The van der Waals surface area contributed by atoms with E-state index in [0.29, 0.717) is 0 Å². The lowest BCUT2D eigenvalue weighted by Gasteiger charge is -2.01. The van der Waals surface area contributed by atoms with E-state index in [1.165, 1.54) is 15.6 Å². The average Bonchev–Trinajstić information content (AvgIpc) is 2.13. The van der Waals surface area contributed by atoms with Crippen LogP contribution >= 0.6 is 15.9 Å². The second kappa shape index (κ2) is 6.24. The Morgan fingerprint density at radius 1 is 1.25 bits per heavy atom. The van der Waals surface area contributed by atoms with Gasteiger partial charge in [0.15, 0.2) is 0 Å². The SMILES string of the molecule is CC.CCc1cc(Br)ccc1C. The van der Waals surface area contributed by atoms with Gasteiger partial charge in [0, 0.05) is 4.47 Å². The minimum Gasteiger partial charge on any atom is -0.0683 e. The van der Waals surface area contributed by atoms with Gasteiger partial charge in [0.25, 0.3) is 0 Å². The van der Waals surface area contributed by atoms with Crippen LogP contribution in [0.1, 0.15) is 31.9 Å². The Morgan fingerprint density at radius 3 is 2.25 bits per heavy atom. The number of benzene rings is 1. The van der Waals surface area contributed by atoms with Gasteiger partial charge in [0.1, 0.15) is 0 Å². The molecule has 1 aromatic carbocycles. The molecule has 0 heterocycles. The molecule has 0 N–H and O–H groups in total. The third-order valence-corrected chi connectivity index (χ3v) is 2.19. The maximum absolute atomic E-state index is 3.44. The fraction of sp³-hybridized carbons (Fsp3) is 0.455. The predicted molar refractivity (Wildman–Crippen MR) is 59.6 cm³/mol. The number of rotatable bonds is 1. The normalized spacial score (nSPS) is 8.75. The zero-order valence-electron chi connectivity index (χ0n) is 8.32. The van der Waals surface area contributed by atoms with Crippen LogP contribution in [0.2, 0.25) is 0 Å². The van der Waals surface area contributed by atoms with E-state index in [1.807, 2.05) is 13.8 Å². The molecular formula is C11H17Br. The van der Waals surface area contributed by atoms with E-state index >= 15 is 0 Å². The molecule has 0 radical (unpaired) electrons. The van der Waals surface area contributed by atoms with Gasteiger partial charge in [-0.1, -0.05) is 42.8 Å². The fourth-order valence-electron chi connectivity index (χ4n) is 1.02. The van der Waals surface area contributed by atoms with Gasteiger partial charge in [0.2, 0.25) is 0 Å². The van der Waals surface area contributed by atoms with Crippen molar-refractivity contribution in [1.29, 1.82) is 0 Å². The van der Waals surface area contributed by atoms with Crippen molar-refractivity contribution in [2.75, 3.05) is 0 Å². The summed E-state index contributed by atoms with van der Waals surface area (Å²) in [6.45, 7) is 8.32. The molecule has 0 aromatic heterocycles. The number of hydrogen-bond acceptors (Lipinski definition) is 0. The highest BCUT2D eigenvalue weighted by molar-refractivity contribution is 9.10. The molecule has 0 bridgehead atoms. The van der Waals surface area contributed by atoms with Gasteiger partial charge < -0.3 is 0 Å². The summed E-state index contributed by atoms with van der Waals surface area (Å²) in [5.74, 6) is 0. The van der Waals surface area contributed by atoms with Crippen molar-refractivity contribution in [3.8, 4) is 0 Å². The second-order valence-corrected chi connectivity index (χ2v) is 3.34. The molecule has 1 heteroatoms. The Balaban J connectivity index is 0.000000561. The summed E-state index contributed by atoms with van der Waals surface area (Å²) in [5, 5.41) is 0. The first-order valence-electron chi connectivity index (χ1n) is 4.49. The minimum atomic E-state index is 1.12. The Kier molecular flexibility index (Phi) is 6.09. The van der Waals surface area contributed by atoms with Crippen molar-refractivity contribution in [2.24, 2.45) is 0 Å². The Hall–Kier alpha value is -0.300. The van der Waals surface area contributed by atoms with E-state index in [2.05, 4.69) is 48.0 Å². The van der Waals surface area contributed by atoms with Gasteiger partial charge >= 0.3 is 0 Å². The van der Waals surface area contributed by atoms with Crippen LogP contribution in [0.15, 0.2) is 22.7 Å². The van der Waals surface area contributed by atoms with Crippen LogP contribution in [-0.2, 0) is 6.42 Å². The van der Waals surface area contributed by atoms with Gasteiger partial charge in [0.05, 0.1) is 0 Å². The smallest absolute Gasteiger partial charge is 0.0178 e. The van der Waals surface area contributed by atoms with Crippen molar-refractivity contribution < 1.29 is 0 Å². The van der Waals surface area contributed by atoms with E-state index in [1.54, 1.807) is 0 Å². The molecule has 0 aliphatic heterocycles. The van der Waals surface area contributed by atoms with Crippen molar-refractivity contribution in [3.63, 3.8) is 0 Å². The van der Waals surface area contributed by atoms with Gasteiger partial charge in [-0.15, -0.1) is 0 Å². The van der Waals surface area contributed by atoms with Crippen LogP contribution < -0.4 is 0 Å². The zero-order valence-corrected chi connectivity index (χ0v) is 9.90. The van der Waals surface area contributed by atoms with Gasteiger partial charge in [-0.2, -0.15) is 0 Å². The molecule has 1 aromatic rings. The summed E-state index contributed by atoms with van der Waals surface area (Å²) in [6, 6.07) is 6.40. The van der Waals surface area contributed by atoms with Gasteiger partial charge in [-0.05, 0) is 36.6 Å². The van der Waals surface area contributed by atoms with Crippen LogP contribution in [-0.4, -0.2) is 0 Å². The minimum absolute atomic E-state index is 1.12. The summed E-state index contributed by atoms with van der Waals surface area (Å²) in [4.78, 5) is 0. The monoisotopic (exact) mass is 228 g/mol. The molecule has 0 unspecified atom stereocenters. The van der Waals surface area contributed by atoms with E-state index < -0.39 is 0 Å². The highest BCUT2D eigenvalue weighted by Crippen LogP contribution is 2.15. The van der Waals surface area contributed by atoms with E-state index in [0.717, 1.165) is 6.42 Å². The molecule has 0 saturated heterocycles. The van der Waals surface area contributed by atoms with Crippen LogP contribution in [0.4, 0.5) is 0 Å². The van der Waals surface area contributed by atoms with Crippen molar-refractivity contribution >= 4 is 15.9 Å². The summed E-state index contributed by atoms with van der Waals surface area (Å²) in [5.41, 5.74) is 2.81. The molecule has 68 valence electrons. The van der Waals surface area contributed by atoms with Crippen LogP contribution in [0.25, 0.3) is 0 Å². The Bertz CT molecular complexity index is 228. The van der Waals surface area contributed by atoms with Crippen molar-refractivity contribution in [2.45, 2.75) is 34.1 Å². The standard InChI is InChI=1S/C9H11Br.C2H6/c1-3-8-6-9(10)5-4-7(8)2;1-2/h4-6H,3H2,1-2H3;1-2H3. The van der Waals surface area contributed by atoms with E-state index in [9.17, 15) is 0 Å². The molecule has 0 aliphatic carbocycles. The molecule has 12 heavy (non-hydrogen) atoms. The lowest BCUT2D eigenvalue weighted by atomic mass is 10.1. The first-order chi connectivity index (χ1) is 5.74. The van der Waals surface area contributed by atoms with Crippen LogP contribution in [0.3, 0.4) is 0 Å². The number of halogens is 1.